The van der Waals surface area contributed by atoms with Crippen LogP contribution in [0.4, 0.5) is 5.69 Å². The number of carbonyl (C=O) groups is 3. The van der Waals surface area contributed by atoms with Gasteiger partial charge in [-0.25, -0.2) is 4.90 Å². The van der Waals surface area contributed by atoms with Crippen LogP contribution in [-0.4, -0.2) is 17.8 Å². The van der Waals surface area contributed by atoms with Crippen LogP contribution in [0.25, 0.3) is 0 Å². The first-order valence-corrected chi connectivity index (χ1v) is 6.30. The van der Waals surface area contributed by atoms with Gasteiger partial charge in [0, 0.05) is 0 Å². The molecule has 3 rings (SSSR count). The van der Waals surface area contributed by atoms with Gasteiger partial charge in [0.25, 0.3) is 11.8 Å². The lowest BCUT2D eigenvalue weighted by Crippen LogP contribution is -2.31. The molecule has 21 heavy (non-hydrogen) atoms. The van der Waals surface area contributed by atoms with Gasteiger partial charge in [0.05, 0.1) is 22.8 Å². The summed E-state index contributed by atoms with van der Waals surface area (Å²) in [5.74, 6) is -2.25. The normalized spacial score (nSPS) is 13.5. The summed E-state index contributed by atoms with van der Waals surface area (Å²) >= 11 is 0. The van der Waals surface area contributed by atoms with Crippen LogP contribution in [0.2, 0.25) is 0 Å². The second-order valence-electron chi connectivity index (χ2n) is 4.78. The van der Waals surface area contributed by atoms with Crippen LogP contribution in [-0.2, 0) is 0 Å². The highest BCUT2D eigenvalue weighted by atomic mass is 16.4. The molecule has 5 heteroatoms. The van der Waals surface area contributed by atoms with Gasteiger partial charge in [-0.15, -0.1) is 0 Å². The van der Waals surface area contributed by atoms with Crippen molar-refractivity contribution in [1.82, 2.24) is 0 Å². The van der Waals surface area contributed by atoms with E-state index in [1.165, 1.54) is 12.1 Å². The molecule has 1 aliphatic rings. The Labute approximate surface area is 120 Å². The minimum absolute atomic E-state index is 0.0767. The van der Waals surface area contributed by atoms with E-state index in [4.69, 9.17) is 0 Å². The minimum atomic E-state index is -1.35. The predicted molar refractivity (Wildman–Crippen MR) is 73.1 cm³/mol. The van der Waals surface area contributed by atoms with Crippen LogP contribution in [0.3, 0.4) is 0 Å². The first kappa shape index (κ1) is 13.1. The number of carboxylic acids is 1. The van der Waals surface area contributed by atoms with Crippen molar-refractivity contribution in [2.75, 3.05) is 4.90 Å². The number of aryl methyl sites for hydroxylation is 1. The summed E-state index contributed by atoms with van der Waals surface area (Å²) in [4.78, 5) is 36.7. The van der Waals surface area contributed by atoms with Gasteiger partial charge in [-0.3, -0.25) is 9.59 Å². The maximum absolute atomic E-state index is 12.4. The van der Waals surface area contributed by atoms with E-state index in [1.54, 1.807) is 37.3 Å². The van der Waals surface area contributed by atoms with E-state index >= 15 is 0 Å². The molecule has 0 atom stereocenters. The number of amides is 2. The number of imide groups is 1. The third-order valence-electron chi connectivity index (χ3n) is 3.48. The highest BCUT2D eigenvalue weighted by molar-refractivity contribution is 6.34. The summed E-state index contributed by atoms with van der Waals surface area (Å²) < 4.78 is 0. The molecule has 0 unspecified atom stereocenters. The van der Waals surface area contributed by atoms with Gasteiger partial charge < -0.3 is 9.90 Å². The fraction of sp³-hybridized carbons (Fsp3) is 0.0625. The van der Waals surface area contributed by atoms with Crippen molar-refractivity contribution in [3.8, 4) is 0 Å². The average molecular weight is 280 g/mol. The van der Waals surface area contributed by atoms with E-state index in [0.717, 1.165) is 4.90 Å². The molecule has 0 saturated heterocycles. The first-order valence-electron chi connectivity index (χ1n) is 6.30. The molecular weight excluding hydrogens is 270 g/mol. The summed E-state index contributed by atoms with van der Waals surface area (Å²) in [6.45, 7) is 1.71. The van der Waals surface area contributed by atoms with E-state index in [9.17, 15) is 19.5 Å². The second kappa shape index (κ2) is 4.56. The number of carbonyl (C=O) groups excluding carboxylic acids is 3. The molecule has 0 aromatic heterocycles. The third-order valence-corrected chi connectivity index (χ3v) is 3.48. The summed E-state index contributed by atoms with van der Waals surface area (Å²) in [7, 11) is 0. The number of rotatable bonds is 2. The molecule has 0 radical (unpaired) electrons. The van der Waals surface area contributed by atoms with Crippen molar-refractivity contribution in [3.05, 3.63) is 64.7 Å². The van der Waals surface area contributed by atoms with Crippen molar-refractivity contribution in [1.29, 1.82) is 0 Å². The molecule has 2 amide bonds. The fourth-order valence-corrected chi connectivity index (χ4v) is 2.39. The molecule has 0 fully saturated rings. The van der Waals surface area contributed by atoms with E-state index in [1.807, 2.05) is 0 Å². The van der Waals surface area contributed by atoms with Gasteiger partial charge >= 0.3 is 0 Å². The molecule has 0 spiro atoms. The monoisotopic (exact) mass is 280 g/mol. The van der Waals surface area contributed by atoms with Crippen molar-refractivity contribution >= 4 is 23.5 Å². The van der Waals surface area contributed by atoms with Crippen LogP contribution < -0.4 is 10.0 Å². The van der Waals surface area contributed by atoms with Crippen LogP contribution in [0.1, 0.15) is 36.6 Å². The van der Waals surface area contributed by atoms with Crippen molar-refractivity contribution < 1.29 is 19.5 Å². The zero-order valence-corrected chi connectivity index (χ0v) is 11.1. The first-order chi connectivity index (χ1) is 10.0. The van der Waals surface area contributed by atoms with Crippen molar-refractivity contribution in [2.45, 2.75) is 6.92 Å². The molecule has 0 aliphatic carbocycles. The Morgan fingerprint density at radius 3 is 2.10 bits per heavy atom. The SMILES string of the molecule is Cc1ccc(C(=O)[O-])cc1N1C(=O)c2ccccc2C1=O. The molecule has 0 N–H and O–H groups in total. The Morgan fingerprint density at radius 1 is 1.00 bits per heavy atom. The van der Waals surface area contributed by atoms with Gasteiger partial charge in [-0.2, -0.15) is 0 Å². The smallest absolute Gasteiger partial charge is 0.266 e. The molecule has 0 bridgehead atoms. The number of hydrogen-bond acceptors (Lipinski definition) is 4. The molecule has 5 nitrogen and oxygen atoms in total. The Kier molecular flexibility index (Phi) is 2.83. The van der Waals surface area contributed by atoms with Gasteiger partial charge in [0.2, 0.25) is 0 Å². The summed E-state index contributed by atoms with van der Waals surface area (Å²) in [5, 5.41) is 11.0. The maximum atomic E-state index is 12.4. The number of benzene rings is 2. The quantitative estimate of drug-likeness (QED) is 0.773. The number of hydrogen-bond donors (Lipinski definition) is 0. The lowest BCUT2D eigenvalue weighted by Gasteiger charge is -2.18. The average Bonchev–Trinajstić information content (AvgIpc) is 2.72. The number of aromatic carboxylic acids is 1. The van der Waals surface area contributed by atoms with Crippen molar-refractivity contribution in [2.24, 2.45) is 0 Å². The van der Waals surface area contributed by atoms with Crippen LogP contribution >= 0.6 is 0 Å². The Hall–Kier alpha value is -2.95. The lowest BCUT2D eigenvalue weighted by molar-refractivity contribution is -0.255. The summed E-state index contributed by atoms with van der Waals surface area (Å²) in [6, 6.07) is 10.7. The molecule has 2 aromatic carbocycles. The van der Waals surface area contributed by atoms with E-state index in [2.05, 4.69) is 0 Å². The van der Waals surface area contributed by atoms with Crippen LogP contribution in [0, 0.1) is 6.92 Å². The van der Waals surface area contributed by atoms with Crippen LogP contribution in [0.5, 0.6) is 0 Å². The maximum Gasteiger partial charge on any atom is 0.266 e. The largest absolute Gasteiger partial charge is 0.545 e. The van der Waals surface area contributed by atoms with Crippen LogP contribution in [0.15, 0.2) is 42.5 Å². The van der Waals surface area contributed by atoms with Gasteiger partial charge in [0.1, 0.15) is 0 Å². The Bertz CT molecular complexity index is 760. The summed E-state index contributed by atoms with van der Waals surface area (Å²) in [5.41, 5.74) is 1.46. The number of nitrogens with zero attached hydrogens (tertiary/aromatic N) is 1. The Balaban J connectivity index is 2.15. The molecular formula is C16H10NO4-. The highest BCUT2D eigenvalue weighted by Gasteiger charge is 2.36. The third kappa shape index (κ3) is 1.90. The molecule has 0 saturated carbocycles. The van der Waals surface area contributed by atoms with E-state index in [0.29, 0.717) is 16.7 Å². The Morgan fingerprint density at radius 2 is 1.57 bits per heavy atom. The van der Waals surface area contributed by atoms with Gasteiger partial charge in [-0.05, 0) is 36.2 Å². The predicted octanol–water partition coefficient (Wildman–Crippen LogP) is 1.16. The second-order valence-corrected chi connectivity index (χ2v) is 4.78. The van der Waals surface area contributed by atoms with Crippen molar-refractivity contribution in [3.63, 3.8) is 0 Å². The number of anilines is 1. The zero-order valence-electron chi connectivity index (χ0n) is 11.1. The molecule has 1 heterocycles. The highest BCUT2D eigenvalue weighted by Crippen LogP contribution is 2.31. The van der Waals surface area contributed by atoms with Gasteiger partial charge in [0.15, 0.2) is 0 Å². The molecule has 2 aromatic rings. The fourth-order valence-electron chi connectivity index (χ4n) is 2.39. The topological polar surface area (TPSA) is 77.5 Å². The number of carboxylic acid groups (broad SMARTS) is 1. The summed E-state index contributed by atoms with van der Waals surface area (Å²) in [6.07, 6.45) is 0. The van der Waals surface area contributed by atoms with Gasteiger partial charge in [-0.1, -0.05) is 24.3 Å². The lowest BCUT2D eigenvalue weighted by atomic mass is 10.1. The number of fused-ring (bicyclic) bond motifs is 1. The minimum Gasteiger partial charge on any atom is -0.545 e. The van der Waals surface area contributed by atoms with E-state index in [-0.39, 0.29) is 11.3 Å². The molecule has 1 aliphatic heterocycles. The zero-order chi connectivity index (χ0) is 15.1. The molecule has 104 valence electrons. The standard InChI is InChI=1S/C16H11NO4/c1-9-6-7-10(16(20)21)8-13(9)17-14(18)11-4-2-3-5-12(11)15(17)19/h2-8H,1H3,(H,20,21)/p-1. The van der Waals surface area contributed by atoms with E-state index < -0.39 is 17.8 Å².